The molecule has 0 aliphatic carbocycles. The van der Waals surface area contributed by atoms with Crippen molar-refractivity contribution in [1.29, 1.82) is 5.26 Å². The average Bonchev–Trinajstić information content (AvgIpc) is 2.56. The van der Waals surface area contributed by atoms with E-state index in [-0.39, 0.29) is 5.69 Å². The lowest BCUT2D eigenvalue weighted by atomic mass is 10.2. The first-order valence-electron chi connectivity index (χ1n) is 6.62. The van der Waals surface area contributed by atoms with E-state index in [0.717, 1.165) is 0 Å². The van der Waals surface area contributed by atoms with E-state index in [2.05, 4.69) is 10.3 Å². The molecule has 0 fully saturated rings. The van der Waals surface area contributed by atoms with Crippen molar-refractivity contribution in [2.24, 2.45) is 10.3 Å². The van der Waals surface area contributed by atoms with Crippen LogP contribution in [-0.2, 0) is 0 Å². The van der Waals surface area contributed by atoms with Crippen LogP contribution in [0.1, 0.15) is 6.92 Å². The molecule has 2 aromatic carbocycles. The Kier molecular flexibility index (Phi) is 4.94. The summed E-state index contributed by atoms with van der Waals surface area (Å²) in [6.07, 6.45) is 0. The van der Waals surface area contributed by atoms with Gasteiger partial charge < -0.3 is 0 Å². The molecule has 2 aromatic rings. The summed E-state index contributed by atoms with van der Waals surface area (Å²) in [5, 5.41) is 28.9. The molecule has 8 heteroatoms. The topological polar surface area (TPSA) is 94.9 Å². The zero-order chi connectivity index (χ0) is 16.8. The number of rotatable bonds is 5. The highest BCUT2D eigenvalue weighted by Gasteiger charge is 2.14. The summed E-state index contributed by atoms with van der Waals surface area (Å²) in [6, 6.07) is 12.4. The quantitative estimate of drug-likeness (QED) is 0.470. The Labute approximate surface area is 131 Å². The molecule has 0 aromatic heterocycles. The second-order valence-electron chi connectivity index (χ2n) is 4.59. The first-order chi connectivity index (χ1) is 11.0. The first kappa shape index (κ1) is 16.0. The molecule has 0 amide bonds. The van der Waals surface area contributed by atoms with Crippen molar-refractivity contribution in [3.05, 3.63) is 64.5 Å². The number of nitro benzene ring substituents is 1. The van der Waals surface area contributed by atoms with Crippen LogP contribution in [0.25, 0.3) is 0 Å². The zero-order valence-corrected chi connectivity index (χ0v) is 12.1. The molecule has 0 heterocycles. The van der Waals surface area contributed by atoms with E-state index in [0.29, 0.717) is 11.4 Å². The smallest absolute Gasteiger partial charge is 0.258 e. The van der Waals surface area contributed by atoms with Crippen LogP contribution in [-0.4, -0.2) is 11.0 Å². The molecule has 0 radical (unpaired) electrons. The molecule has 0 N–H and O–H groups in total. The van der Waals surface area contributed by atoms with Gasteiger partial charge >= 0.3 is 0 Å². The molecule has 0 spiro atoms. The Morgan fingerprint density at radius 1 is 1.22 bits per heavy atom. The fourth-order valence-electron chi connectivity index (χ4n) is 1.74. The molecule has 0 bridgehead atoms. The van der Waals surface area contributed by atoms with E-state index in [4.69, 9.17) is 5.26 Å². The van der Waals surface area contributed by atoms with Crippen molar-refractivity contribution in [2.45, 2.75) is 13.0 Å². The number of nitriles is 1. The van der Waals surface area contributed by atoms with E-state index in [1.165, 1.54) is 53.5 Å². The molecular weight excluding hydrogens is 301 g/mol. The number of nitro groups is 1. The van der Waals surface area contributed by atoms with Gasteiger partial charge in [0.25, 0.3) is 5.69 Å². The number of hydrogen-bond donors (Lipinski definition) is 0. The van der Waals surface area contributed by atoms with Crippen LogP contribution in [0.4, 0.5) is 21.5 Å². The number of halogens is 1. The molecular formula is C15H12FN5O2. The van der Waals surface area contributed by atoms with Crippen molar-refractivity contribution in [1.82, 2.24) is 0 Å². The Morgan fingerprint density at radius 2 is 1.83 bits per heavy atom. The summed E-state index contributed by atoms with van der Waals surface area (Å²) in [4.78, 5) is 10.1. The fraction of sp³-hybridized carbons (Fsp3) is 0.133. The maximum atomic E-state index is 13.0. The molecule has 23 heavy (non-hydrogen) atoms. The standard InChI is InChI=1S/C15H12FN5O2/c1-11(10-17)20(14-6-2-12(16)3-7-14)19-18-13-4-8-15(9-5-13)21(22)23/h2-9,11H,1H3. The van der Waals surface area contributed by atoms with Gasteiger partial charge in [-0.25, -0.2) is 9.40 Å². The van der Waals surface area contributed by atoms with E-state index < -0.39 is 16.8 Å². The average molecular weight is 313 g/mol. The van der Waals surface area contributed by atoms with Crippen molar-refractivity contribution in [3.8, 4) is 6.07 Å². The van der Waals surface area contributed by atoms with Gasteiger partial charge in [-0.1, -0.05) is 5.22 Å². The molecule has 0 aliphatic rings. The predicted molar refractivity (Wildman–Crippen MR) is 81.6 cm³/mol. The Hall–Kier alpha value is -3.34. The Morgan fingerprint density at radius 3 is 2.35 bits per heavy atom. The summed E-state index contributed by atoms with van der Waals surface area (Å²) < 4.78 is 13.0. The van der Waals surface area contributed by atoms with Crippen LogP contribution in [0.2, 0.25) is 0 Å². The van der Waals surface area contributed by atoms with Gasteiger partial charge in [0.1, 0.15) is 11.9 Å². The summed E-state index contributed by atoms with van der Waals surface area (Å²) in [5.41, 5.74) is 0.851. The number of nitrogens with zero attached hydrogens (tertiary/aromatic N) is 5. The third kappa shape index (κ3) is 4.07. The molecule has 1 atom stereocenters. The minimum Gasteiger partial charge on any atom is -0.258 e. The van der Waals surface area contributed by atoms with E-state index in [9.17, 15) is 14.5 Å². The van der Waals surface area contributed by atoms with Gasteiger partial charge in [-0.3, -0.25) is 10.1 Å². The van der Waals surface area contributed by atoms with Gasteiger partial charge in [0.15, 0.2) is 0 Å². The van der Waals surface area contributed by atoms with E-state index >= 15 is 0 Å². The molecule has 0 saturated heterocycles. The van der Waals surface area contributed by atoms with Gasteiger partial charge in [0.05, 0.1) is 22.4 Å². The zero-order valence-electron chi connectivity index (χ0n) is 12.1. The molecule has 0 aliphatic heterocycles. The minimum atomic E-state index is -0.623. The van der Waals surface area contributed by atoms with Crippen LogP contribution in [0.5, 0.6) is 0 Å². The van der Waals surface area contributed by atoms with Gasteiger partial charge in [0.2, 0.25) is 0 Å². The molecule has 2 rings (SSSR count). The molecule has 7 nitrogen and oxygen atoms in total. The molecule has 1 unspecified atom stereocenters. The first-order valence-corrected chi connectivity index (χ1v) is 6.62. The summed E-state index contributed by atoms with van der Waals surface area (Å²) in [7, 11) is 0. The van der Waals surface area contributed by atoms with Crippen LogP contribution in [0.15, 0.2) is 58.9 Å². The monoisotopic (exact) mass is 313 g/mol. The number of benzene rings is 2. The number of anilines is 1. The van der Waals surface area contributed by atoms with Gasteiger partial charge in [-0.15, -0.1) is 5.11 Å². The van der Waals surface area contributed by atoms with Crippen LogP contribution >= 0.6 is 0 Å². The number of non-ortho nitro benzene ring substituents is 1. The fourth-order valence-corrected chi connectivity index (χ4v) is 1.74. The van der Waals surface area contributed by atoms with Crippen molar-refractivity contribution in [3.63, 3.8) is 0 Å². The van der Waals surface area contributed by atoms with Crippen molar-refractivity contribution >= 4 is 17.1 Å². The van der Waals surface area contributed by atoms with Crippen molar-refractivity contribution in [2.75, 3.05) is 5.01 Å². The van der Waals surface area contributed by atoms with Crippen LogP contribution in [0.3, 0.4) is 0 Å². The molecule has 116 valence electrons. The maximum Gasteiger partial charge on any atom is 0.269 e. The van der Waals surface area contributed by atoms with E-state index in [1.807, 2.05) is 6.07 Å². The highest BCUT2D eigenvalue weighted by molar-refractivity contribution is 5.48. The normalized spacial score (nSPS) is 11.9. The van der Waals surface area contributed by atoms with E-state index in [1.54, 1.807) is 6.92 Å². The highest BCUT2D eigenvalue weighted by Crippen LogP contribution is 2.22. The largest absolute Gasteiger partial charge is 0.269 e. The summed E-state index contributed by atoms with van der Waals surface area (Å²) in [6.45, 7) is 1.62. The van der Waals surface area contributed by atoms with Crippen molar-refractivity contribution < 1.29 is 9.31 Å². The Balaban J connectivity index is 2.25. The lowest BCUT2D eigenvalue weighted by Crippen LogP contribution is -2.25. The van der Waals surface area contributed by atoms with Crippen LogP contribution in [0, 0.1) is 27.3 Å². The van der Waals surface area contributed by atoms with Gasteiger partial charge in [-0.2, -0.15) is 5.26 Å². The molecule has 0 saturated carbocycles. The highest BCUT2D eigenvalue weighted by atomic mass is 19.1. The maximum absolute atomic E-state index is 13.0. The summed E-state index contributed by atoms with van der Waals surface area (Å²) >= 11 is 0. The second kappa shape index (κ2) is 7.09. The van der Waals surface area contributed by atoms with Gasteiger partial charge in [-0.05, 0) is 43.3 Å². The SMILES string of the molecule is CC(C#N)N(N=Nc1ccc([N+](=O)[O-])cc1)c1ccc(F)cc1. The lowest BCUT2D eigenvalue weighted by Gasteiger charge is -2.19. The third-order valence-electron chi connectivity index (χ3n) is 2.96. The predicted octanol–water partition coefficient (Wildman–Crippen LogP) is 4.15. The summed E-state index contributed by atoms with van der Waals surface area (Å²) in [5.74, 6) is -0.398. The third-order valence-corrected chi connectivity index (χ3v) is 2.96. The lowest BCUT2D eigenvalue weighted by molar-refractivity contribution is -0.384. The number of hydrogen-bond acceptors (Lipinski definition) is 5. The Bertz CT molecular complexity index is 753. The van der Waals surface area contributed by atoms with Crippen LogP contribution < -0.4 is 5.01 Å². The minimum absolute atomic E-state index is 0.0512. The second-order valence-corrected chi connectivity index (χ2v) is 4.59. The van der Waals surface area contributed by atoms with Gasteiger partial charge in [0, 0.05) is 12.1 Å².